The first-order valence-corrected chi connectivity index (χ1v) is 5.65. The zero-order chi connectivity index (χ0) is 12.0. The molecule has 17 heavy (non-hydrogen) atoms. The normalized spacial score (nSPS) is 9.53. The summed E-state index contributed by atoms with van der Waals surface area (Å²) in [5.41, 5.74) is 2.40. The Bertz CT molecular complexity index is 355. The molecular formula is C13H18NNaO2. The Balaban J connectivity index is 0.00000256. The van der Waals surface area contributed by atoms with Gasteiger partial charge in [-0.3, -0.25) is 0 Å². The van der Waals surface area contributed by atoms with E-state index in [0.29, 0.717) is 6.42 Å². The number of carboxylic acid groups (broad SMARTS) is 1. The number of carbonyl (C=O) groups is 1. The second kappa shape index (κ2) is 8.56. The molecule has 0 bridgehead atoms. The first-order valence-electron chi connectivity index (χ1n) is 5.65. The smallest absolute Gasteiger partial charge is 0.550 e. The molecule has 1 aromatic rings. The monoisotopic (exact) mass is 243 g/mol. The molecule has 0 aliphatic carbocycles. The summed E-state index contributed by atoms with van der Waals surface area (Å²) in [5, 5.41) is 10.3. The largest absolute Gasteiger partial charge is 1.00 e. The van der Waals surface area contributed by atoms with E-state index in [1.807, 2.05) is 12.1 Å². The van der Waals surface area contributed by atoms with Gasteiger partial charge in [-0.05, 0) is 38.3 Å². The number of benzene rings is 1. The number of carbonyl (C=O) groups excluding carboxylic acids is 1. The predicted molar refractivity (Wildman–Crippen MR) is 63.3 cm³/mol. The van der Waals surface area contributed by atoms with E-state index in [1.54, 1.807) is 0 Å². The van der Waals surface area contributed by atoms with Crippen LogP contribution in [0.2, 0.25) is 0 Å². The first kappa shape index (κ1) is 16.5. The van der Waals surface area contributed by atoms with Crippen molar-refractivity contribution in [2.45, 2.75) is 26.7 Å². The third-order valence-corrected chi connectivity index (χ3v) is 2.65. The van der Waals surface area contributed by atoms with Gasteiger partial charge in [-0.15, -0.1) is 0 Å². The van der Waals surface area contributed by atoms with Gasteiger partial charge in [-0.1, -0.05) is 18.2 Å². The molecule has 0 aliphatic rings. The topological polar surface area (TPSA) is 43.4 Å². The van der Waals surface area contributed by atoms with Crippen molar-refractivity contribution in [1.29, 1.82) is 0 Å². The molecule has 0 N–H and O–H groups in total. The van der Waals surface area contributed by atoms with Crippen molar-refractivity contribution in [3.8, 4) is 0 Å². The Labute approximate surface area is 125 Å². The fourth-order valence-electron chi connectivity index (χ4n) is 1.78. The summed E-state index contributed by atoms with van der Waals surface area (Å²) in [4.78, 5) is 12.5. The third kappa shape index (κ3) is 5.57. The summed E-state index contributed by atoms with van der Waals surface area (Å²) in [6.45, 7) is 5.79. The van der Waals surface area contributed by atoms with E-state index < -0.39 is 5.97 Å². The molecule has 0 saturated carbocycles. The number of hydrogen-bond donors (Lipinski definition) is 0. The summed E-state index contributed by atoms with van der Waals surface area (Å²) in [6, 6.07) is 8.15. The van der Waals surface area contributed by atoms with Crippen LogP contribution in [-0.4, -0.2) is 19.1 Å². The Morgan fingerprint density at radius 1 is 1.35 bits per heavy atom. The van der Waals surface area contributed by atoms with Crippen LogP contribution in [-0.2, 0) is 4.79 Å². The van der Waals surface area contributed by atoms with E-state index in [-0.39, 0.29) is 36.0 Å². The number of nitrogens with zero attached hydrogens (tertiary/aromatic N) is 1. The molecule has 0 spiro atoms. The van der Waals surface area contributed by atoms with Gasteiger partial charge >= 0.3 is 29.6 Å². The standard InChI is InChI=1S/C13H19NO2.Na/c1-3-14(10-6-9-13(15)16)12-8-5-4-7-11(12)2;/h4-5,7-8H,3,6,9-10H2,1-2H3,(H,15,16);/q;+1/p-1. The summed E-state index contributed by atoms with van der Waals surface area (Å²) >= 11 is 0. The molecule has 0 radical (unpaired) electrons. The van der Waals surface area contributed by atoms with Gasteiger partial charge in [0.1, 0.15) is 0 Å². The molecule has 4 heteroatoms. The second-order valence-electron chi connectivity index (χ2n) is 3.84. The van der Waals surface area contributed by atoms with Gasteiger partial charge in [0, 0.05) is 24.7 Å². The van der Waals surface area contributed by atoms with E-state index in [1.165, 1.54) is 11.3 Å². The molecule has 0 atom stereocenters. The van der Waals surface area contributed by atoms with Crippen LogP contribution in [0.3, 0.4) is 0 Å². The molecular weight excluding hydrogens is 225 g/mol. The quantitative estimate of drug-likeness (QED) is 0.563. The molecule has 0 heterocycles. The second-order valence-corrected chi connectivity index (χ2v) is 3.84. The Kier molecular flexibility index (Phi) is 8.30. The maximum absolute atomic E-state index is 10.3. The minimum atomic E-state index is -0.971. The Hall–Kier alpha value is -0.510. The van der Waals surface area contributed by atoms with Crippen molar-refractivity contribution in [2.75, 3.05) is 18.0 Å². The van der Waals surface area contributed by atoms with Crippen molar-refractivity contribution in [3.63, 3.8) is 0 Å². The number of hydrogen-bond acceptors (Lipinski definition) is 3. The van der Waals surface area contributed by atoms with Crippen LogP contribution >= 0.6 is 0 Å². The van der Waals surface area contributed by atoms with Crippen LogP contribution in [0.4, 0.5) is 5.69 Å². The summed E-state index contributed by atoms with van der Waals surface area (Å²) < 4.78 is 0. The zero-order valence-electron chi connectivity index (χ0n) is 10.9. The molecule has 1 aromatic carbocycles. The number of aliphatic carboxylic acids is 1. The number of para-hydroxylation sites is 1. The number of aryl methyl sites for hydroxylation is 1. The van der Waals surface area contributed by atoms with Crippen LogP contribution in [0.5, 0.6) is 0 Å². The molecule has 0 aliphatic heterocycles. The minimum absolute atomic E-state index is 0. The molecule has 0 aromatic heterocycles. The molecule has 0 unspecified atom stereocenters. The van der Waals surface area contributed by atoms with E-state index in [2.05, 4.69) is 30.9 Å². The van der Waals surface area contributed by atoms with Gasteiger partial charge < -0.3 is 14.8 Å². The molecule has 0 fully saturated rings. The van der Waals surface area contributed by atoms with Crippen molar-refractivity contribution in [2.24, 2.45) is 0 Å². The van der Waals surface area contributed by atoms with Crippen LogP contribution in [0, 0.1) is 6.92 Å². The molecule has 3 nitrogen and oxygen atoms in total. The van der Waals surface area contributed by atoms with Crippen molar-refractivity contribution < 1.29 is 39.5 Å². The van der Waals surface area contributed by atoms with Crippen LogP contribution in [0.25, 0.3) is 0 Å². The van der Waals surface area contributed by atoms with Crippen molar-refractivity contribution >= 4 is 11.7 Å². The number of rotatable bonds is 6. The summed E-state index contributed by atoms with van der Waals surface area (Å²) in [6.07, 6.45) is 0.757. The van der Waals surface area contributed by atoms with E-state index >= 15 is 0 Å². The van der Waals surface area contributed by atoms with Gasteiger partial charge in [0.05, 0.1) is 0 Å². The number of carboxylic acids is 1. The zero-order valence-corrected chi connectivity index (χ0v) is 12.9. The SMILES string of the molecule is CCN(CCCC(=O)[O-])c1ccccc1C.[Na+]. The summed E-state index contributed by atoms with van der Waals surface area (Å²) in [7, 11) is 0. The van der Waals surface area contributed by atoms with Gasteiger partial charge in [-0.2, -0.15) is 0 Å². The van der Waals surface area contributed by atoms with Gasteiger partial charge in [-0.25, -0.2) is 0 Å². The maximum Gasteiger partial charge on any atom is 1.00 e. The first-order chi connectivity index (χ1) is 7.65. The van der Waals surface area contributed by atoms with Gasteiger partial charge in [0.25, 0.3) is 0 Å². The average molecular weight is 243 g/mol. The molecule has 88 valence electrons. The van der Waals surface area contributed by atoms with Crippen LogP contribution < -0.4 is 39.6 Å². The average Bonchev–Trinajstić information content (AvgIpc) is 2.25. The third-order valence-electron chi connectivity index (χ3n) is 2.65. The van der Waals surface area contributed by atoms with Crippen LogP contribution in [0.1, 0.15) is 25.3 Å². The fraction of sp³-hybridized carbons (Fsp3) is 0.462. The fourth-order valence-corrected chi connectivity index (χ4v) is 1.78. The molecule has 0 saturated heterocycles. The van der Waals surface area contributed by atoms with E-state index in [0.717, 1.165) is 13.1 Å². The number of anilines is 1. The maximum atomic E-state index is 10.3. The van der Waals surface area contributed by atoms with E-state index in [9.17, 15) is 9.90 Å². The van der Waals surface area contributed by atoms with E-state index in [4.69, 9.17) is 0 Å². The molecule has 1 rings (SSSR count). The van der Waals surface area contributed by atoms with Crippen molar-refractivity contribution in [1.82, 2.24) is 0 Å². The van der Waals surface area contributed by atoms with Gasteiger partial charge in [0.2, 0.25) is 0 Å². The van der Waals surface area contributed by atoms with Crippen LogP contribution in [0.15, 0.2) is 24.3 Å². The predicted octanol–water partition coefficient (Wildman–Crippen LogP) is -1.64. The minimum Gasteiger partial charge on any atom is -0.550 e. The molecule has 0 amide bonds. The Morgan fingerprint density at radius 3 is 2.53 bits per heavy atom. The Morgan fingerprint density at radius 2 is 2.00 bits per heavy atom. The van der Waals surface area contributed by atoms with Gasteiger partial charge in [0.15, 0.2) is 0 Å². The van der Waals surface area contributed by atoms with Crippen molar-refractivity contribution in [3.05, 3.63) is 29.8 Å². The summed E-state index contributed by atoms with van der Waals surface area (Å²) in [5.74, 6) is -0.971.